The Morgan fingerprint density at radius 1 is 1.07 bits per heavy atom. The molecule has 1 aromatic heterocycles. The van der Waals surface area contributed by atoms with Crippen molar-refractivity contribution in [1.29, 1.82) is 0 Å². The van der Waals surface area contributed by atoms with Crippen molar-refractivity contribution in [2.75, 3.05) is 7.05 Å². The molecule has 2 heterocycles. The number of fused-ring (bicyclic) bond motifs is 2. The lowest BCUT2D eigenvalue weighted by molar-refractivity contribution is -0.384. The summed E-state index contributed by atoms with van der Waals surface area (Å²) in [6.07, 6.45) is 0. The average molecular weight is 364 g/mol. The molecule has 1 aliphatic heterocycles. The van der Waals surface area contributed by atoms with E-state index in [0.29, 0.717) is 16.5 Å². The maximum atomic E-state index is 13.2. The topological polar surface area (TPSA) is 93.7 Å². The van der Waals surface area contributed by atoms with Crippen LogP contribution < -0.4 is 5.43 Å². The summed E-state index contributed by atoms with van der Waals surface area (Å²) in [6, 6.07) is 8.74. The van der Waals surface area contributed by atoms with Crippen LogP contribution in [0.2, 0.25) is 0 Å². The quantitative estimate of drug-likeness (QED) is 0.512. The largest absolute Gasteiger partial charge is 0.450 e. The zero-order valence-corrected chi connectivity index (χ0v) is 15.0. The molecule has 0 bridgehead atoms. The van der Waals surface area contributed by atoms with Gasteiger partial charge in [0.2, 0.25) is 5.76 Å². The number of aryl methyl sites for hydroxylation is 2. The highest BCUT2D eigenvalue weighted by atomic mass is 16.6. The number of hydrogen-bond donors (Lipinski definition) is 0. The lowest BCUT2D eigenvalue weighted by atomic mass is 9.97. The van der Waals surface area contributed by atoms with Gasteiger partial charge in [-0.2, -0.15) is 0 Å². The minimum absolute atomic E-state index is 0.0293. The molecule has 0 saturated carbocycles. The summed E-state index contributed by atoms with van der Waals surface area (Å²) < 4.78 is 5.82. The molecule has 1 amide bonds. The molecule has 0 aliphatic carbocycles. The number of rotatable bonds is 2. The van der Waals surface area contributed by atoms with Gasteiger partial charge in [-0.05, 0) is 54.8 Å². The monoisotopic (exact) mass is 364 g/mol. The fourth-order valence-corrected chi connectivity index (χ4v) is 3.51. The molecule has 2 aromatic carbocycles. The molecule has 1 unspecified atom stereocenters. The molecule has 7 nitrogen and oxygen atoms in total. The van der Waals surface area contributed by atoms with E-state index in [1.54, 1.807) is 31.3 Å². The fraction of sp³-hybridized carbons (Fsp3) is 0.200. The van der Waals surface area contributed by atoms with Crippen molar-refractivity contribution < 1.29 is 14.1 Å². The Bertz CT molecular complexity index is 1180. The first-order chi connectivity index (χ1) is 12.8. The molecule has 1 aliphatic rings. The second-order valence-corrected chi connectivity index (χ2v) is 6.77. The van der Waals surface area contributed by atoms with Crippen molar-refractivity contribution in [2.24, 2.45) is 0 Å². The molecule has 0 N–H and O–H groups in total. The van der Waals surface area contributed by atoms with Gasteiger partial charge in [-0.3, -0.25) is 19.7 Å². The van der Waals surface area contributed by atoms with E-state index < -0.39 is 11.0 Å². The number of nitro groups is 1. The Morgan fingerprint density at radius 2 is 1.70 bits per heavy atom. The lowest BCUT2D eigenvalue weighted by Gasteiger charge is -2.20. The summed E-state index contributed by atoms with van der Waals surface area (Å²) in [4.78, 5) is 37.7. The second kappa shape index (κ2) is 5.77. The van der Waals surface area contributed by atoms with Crippen molar-refractivity contribution in [3.8, 4) is 0 Å². The molecular formula is C20H16N2O5. The summed E-state index contributed by atoms with van der Waals surface area (Å²) in [5, 5.41) is 11.3. The van der Waals surface area contributed by atoms with E-state index in [2.05, 4.69) is 0 Å². The molecule has 7 heteroatoms. The summed E-state index contributed by atoms with van der Waals surface area (Å²) in [7, 11) is 1.59. The molecule has 27 heavy (non-hydrogen) atoms. The van der Waals surface area contributed by atoms with E-state index in [0.717, 1.165) is 11.1 Å². The summed E-state index contributed by atoms with van der Waals surface area (Å²) in [5.74, 6) is -0.354. The fourth-order valence-electron chi connectivity index (χ4n) is 3.51. The van der Waals surface area contributed by atoms with E-state index in [9.17, 15) is 19.7 Å². The maximum absolute atomic E-state index is 13.2. The number of hydrogen-bond acceptors (Lipinski definition) is 5. The Kier molecular flexibility index (Phi) is 3.62. The van der Waals surface area contributed by atoms with Crippen LogP contribution in [0.25, 0.3) is 11.0 Å². The molecular weight excluding hydrogens is 348 g/mol. The van der Waals surface area contributed by atoms with Gasteiger partial charge >= 0.3 is 0 Å². The van der Waals surface area contributed by atoms with Crippen LogP contribution in [0, 0.1) is 24.0 Å². The predicted molar refractivity (Wildman–Crippen MR) is 99.0 cm³/mol. The van der Waals surface area contributed by atoms with Gasteiger partial charge in [0.25, 0.3) is 11.6 Å². The molecule has 0 saturated heterocycles. The van der Waals surface area contributed by atoms with Gasteiger partial charge in [-0.25, -0.2) is 0 Å². The Hall–Kier alpha value is -3.48. The highest BCUT2D eigenvalue weighted by Crippen LogP contribution is 2.37. The number of non-ortho nitro benzene ring substituents is 1. The van der Waals surface area contributed by atoms with Gasteiger partial charge < -0.3 is 9.32 Å². The van der Waals surface area contributed by atoms with Crippen LogP contribution in [-0.4, -0.2) is 22.8 Å². The van der Waals surface area contributed by atoms with Gasteiger partial charge in [-0.15, -0.1) is 0 Å². The van der Waals surface area contributed by atoms with Crippen molar-refractivity contribution in [1.82, 2.24) is 4.90 Å². The molecule has 136 valence electrons. The van der Waals surface area contributed by atoms with Crippen LogP contribution in [0.1, 0.15) is 38.9 Å². The van der Waals surface area contributed by atoms with Crippen LogP contribution >= 0.6 is 0 Å². The molecule has 1 atom stereocenters. The van der Waals surface area contributed by atoms with E-state index in [1.807, 2.05) is 13.8 Å². The minimum atomic E-state index is -0.643. The highest BCUT2D eigenvalue weighted by Gasteiger charge is 2.40. The minimum Gasteiger partial charge on any atom is -0.450 e. The standard InChI is InChI=1S/C20H16N2O5/c1-10-8-14-15(9-11(10)2)27-19-16(18(14)23)17(21(3)20(19)24)12-4-6-13(7-5-12)22(25)26/h4-9,17H,1-3H3. The van der Waals surface area contributed by atoms with Crippen molar-refractivity contribution in [3.05, 3.63) is 84.7 Å². The number of amides is 1. The van der Waals surface area contributed by atoms with Gasteiger partial charge in [0.1, 0.15) is 5.58 Å². The number of benzene rings is 2. The first kappa shape index (κ1) is 17.0. The third kappa shape index (κ3) is 2.43. The van der Waals surface area contributed by atoms with Crippen LogP contribution in [0.3, 0.4) is 0 Å². The van der Waals surface area contributed by atoms with Gasteiger partial charge in [0, 0.05) is 19.2 Å². The zero-order chi connectivity index (χ0) is 19.5. The first-order valence-electron chi connectivity index (χ1n) is 8.39. The first-order valence-corrected chi connectivity index (χ1v) is 8.39. The normalized spacial score (nSPS) is 16.0. The summed E-state index contributed by atoms with van der Waals surface area (Å²) >= 11 is 0. The predicted octanol–water partition coefficient (Wildman–Crippen LogP) is 3.49. The molecule has 4 rings (SSSR count). The van der Waals surface area contributed by atoms with E-state index in [1.165, 1.54) is 17.0 Å². The van der Waals surface area contributed by atoms with Crippen LogP contribution in [0.4, 0.5) is 5.69 Å². The smallest absolute Gasteiger partial charge is 0.290 e. The van der Waals surface area contributed by atoms with E-state index >= 15 is 0 Å². The third-order valence-electron chi connectivity index (χ3n) is 5.14. The van der Waals surface area contributed by atoms with Gasteiger partial charge in [0.15, 0.2) is 5.43 Å². The molecule has 0 spiro atoms. The summed E-state index contributed by atoms with van der Waals surface area (Å²) in [5.41, 5.74) is 2.89. The van der Waals surface area contributed by atoms with Crippen molar-refractivity contribution >= 4 is 22.6 Å². The molecule has 0 fully saturated rings. The second-order valence-electron chi connectivity index (χ2n) is 6.77. The van der Waals surface area contributed by atoms with E-state index in [-0.39, 0.29) is 28.3 Å². The Labute approximate surface area is 154 Å². The van der Waals surface area contributed by atoms with Crippen LogP contribution in [0.5, 0.6) is 0 Å². The molecule has 3 aromatic rings. The Balaban J connectivity index is 1.97. The average Bonchev–Trinajstić information content (AvgIpc) is 2.89. The lowest BCUT2D eigenvalue weighted by Crippen LogP contribution is -2.25. The van der Waals surface area contributed by atoms with Crippen LogP contribution in [-0.2, 0) is 0 Å². The third-order valence-corrected chi connectivity index (χ3v) is 5.14. The number of carbonyl (C=O) groups is 1. The van der Waals surface area contributed by atoms with Crippen molar-refractivity contribution in [2.45, 2.75) is 19.9 Å². The van der Waals surface area contributed by atoms with E-state index in [4.69, 9.17) is 4.42 Å². The SMILES string of the molecule is Cc1cc2oc3c(c(=O)c2cc1C)C(c1ccc([N+](=O)[O-])cc1)N(C)C3=O. The highest BCUT2D eigenvalue weighted by molar-refractivity contribution is 5.99. The van der Waals surface area contributed by atoms with Gasteiger partial charge in [0.05, 0.1) is 21.9 Å². The number of nitro benzene ring substituents is 1. The van der Waals surface area contributed by atoms with Crippen LogP contribution in [0.15, 0.2) is 45.6 Å². The van der Waals surface area contributed by atoms with Gasteiger partial charge in [-0.1, -0.05) is 0 Å². The summed E-state index contributed by atoms with van der Waals surface area (Å²) in [6.45, 7) is 3.82. The number of nitrogens with zero attached hydrogens (tertiary/aromatic N) is 2. The molecule has 0 radical (unpaired) electrons. The Morgan fingerprint density at radius 3 is 2.33 bits per heavy atom. The van der Waals surface area contributed by atoms with Crippen molar-refractivity contribution in [3.63, 3.8) is 0 Å². The number of carbonyl (C=O) groups excluding carboxylic acids is 1. The zero-order valence-electron chi connectivity index (χ0n) is 15.0. The maximum Gasteiger partial charge on any atom is 0.290 e.